The van der Waals surface area contributed by atoms with Crippen LogP contribution in [-0.4, -0.2) is 20.8 Å². The Morgan fingerprint density at radius 1 is 1.27 bits per heavy atom. The summed E-state index contributed by atoms with van der Waals surface area (Å²) in [6, 6.07) is 3.84. The monoisotopic (exact) mass is 216 g/mol. The largest absolute Gasteiger partial charge is 0.573 e. The van der Waals surface area contributed by atoms with Crippen molar-refractivity contribution in [2.75, 3.05) is 6.61 Å². The van der Waals surface area contributed by atoms with Crippen molar-refractivity contribution < 1.29 is 22.6 Å². The maximum Gasteiger partial charge on any atom is 0.573 e. The minimum atomic E-state index is -4.75. The second-order valence-corrected chi connectivity index (χ2v) is 2.69. The highest BCUT2D eigenvalue weighted by Gasteiger charge is 2.32. The van der Waals surface area contributed by atoms with Crippen LogP contribution < -0.4 is 14.9 Å². The fraction of sp³-hybridized carbons (Fsp3) is 0.333. The Hall–Kier alpha value is -1.33. The van der Waals surface area contributed by atoms with Gasteiger partial charge in [-0.15, -0.1) is 13.2 Å². The average Bonchev–Trinajstić information content (AvgIpc) is 2.07. The van der Waals surface area contributed by atoms with Crippen LogP contribution in [-0.2, 0) is 0 Å². The zero-order valence-corrected chi connectivity index (χ0v) is 7.97. The third kappa shape index (κ3) is 3.73. The Balaban J connectivity index is 2.96. The second kappa shape index (κ2) is 4.46. The molecule has 0 aliphatic heterocycles. The lowest BCUT2D eigenvalue weighted by atomic mass is 9.96. The summed E-state index contributed by atoms with van der Waals surface area (Å²) in [5, 5.41) is 0. The topological polar surface area (TPSA) is 18.5 Å². The van der Waals surface area contributed by atoms with E-state index in [1.165, 1.54) is 12.1 Å². The smallest absolute Gasteiger partial charge is 0.490 e. The molecular formula is C9H8BF3O2. The molecule has 1 aromatic carbocycles. The lowest BCUT2D eigenvalue weighted by Crippen LogP contribution is -2.19. The lowest BCUT2D eigenvalue weighted by Gasteiger charge is -2.13. The molecule has 0 aliphatic carbocycles. The van der Waals surface area contributed by atoms with Gasteiger partial charge in [0.15, 0.2) is 11.5 Å². The molecule has 0 spiro atoms. The SMILES string of the molecule is [B]c1ccc(OCC)c(OC(F)(F)F)c1. The molecule has 0 aliphatic rings. The van der Waals surface area contributed by atoms with Crippen LogP contribution in [0.1, 0.15) is 6.92 Å². The second-order valence-electron chi connectivity index (χ2n) is 2.69. The van der Waals surface area contributed by atoms with Crippen LogP contribution in [0, 0.1) is 0 Å². The van der Waals surface area contributed by atoms with Gasteiger partial charge < -0.3 is 9.47 Å². The van der Waals surface area contributed by atoms with Gasteiger partial charge in [0.05, 0.1) is 6.61 Å². The molecular weight excluding hydrogens is 208 g/mol. The van der Waals surface area contributed by atoms with E-state index in [4.69, 9.17) is 12.6 Å². The molecule has 0 fully saturated rings. The molecule has 0 bridgehead atoms. The first-order valence-corrected chi connectivity index (χ1v) is 4.20. The first-order chi connectivity index (χ1) is 6.92. The summed E-state index contributed by atoms with van der Waals surface area (Å²) in [7, 11) is 5.34. The van der Waals surface area contributed by atoms with Crippen LogP contribution in [0.5, 0.6) is 11.5 Å². The van der Waals surface area contributed by atoms with Gasteiger partial charge in [-0.05, 0) is 19.1 Å². The van der Waals surface area contributed by atoms with E-state index in [2.05, 4.69) is 4.74 Å². The first-order valence-electron chi connectivity index (χ1n) is 4.20. The summed E-state index contributed by atoms with van der Waals surface area (Å²) < 4.78 is 44.6. The highest BCUT2D eigenvalue weighted by molar-refractivity contribution is 6.32. The number of ether oxygens (including phenoxy) is 2. The van der Waals surface area contributed by atoms with Crippen molar-refractivity contribution in [3.63, 3.8) is 0 Å². The van der Waals surface area contributed by atoms with Gasteiger partial charge in [0.1, 0.15) is 7.85 Å². The Kier molecular flexibility index (Phi) is 3.50. The molecule has 1 aromatic rings. The van der Waals surface area contributed by atoms with Crippen LogP contribution in [0.2, 0.25) is 0 Å². The first kappa shape index (κ1) is 11.7. The summed E-state index contributed by atoms with van der Waals surface area (Å²) in [6.45, 7) is 1.91. The maximum absolute atomic E-state index is 12.0. The molecule has 0 atom stereocenters. The fourth-order valence-electron chi connectivity index (χ4n) is 1.00. The maximum atomic E-state index is 12.0. The van der Waals surface area contributed by atoms with Crippen LogP contribution in [0.25, 0.3) is 0 Å². The number of alkyl halides is 3. The van der Waals surface area contributed by atoms with Gasteiger partial charge in [0.2, 0.25) is 0 Å². The van der Waals surface area contributed by atoms with Gasteiger partial charge in [-0.2, -0.15) is 0 Å². The Morgan fingerprint density at radius 3 is 2.47 bits per heavy atom. The van der Waals surface area contributed by atoms with Crippen molar-refractivity contribution in [2.24, 2.45) is 0 Å². The van der Waals surface area contributed by atoms with E-state index in [0.29, 0.717) is 0 Å². The van der Waals surface area contributed by atoms with E-state index in [-0.39, 0.29) is 17.8 Å². The van der Waals surface area contributed by atoms with Crippen molar-refractivity contribution in [3.05, 3.63) is 18.2 Å². The predicted octanol–water partition coefficient (Wildman–Crippen LogP) is 1.78. The van der Waals surface area contributed by atoms with Crippen molar-refractivity contribution >= 4 is 13.3 Å². The lowest BCUT2D eigenvalue weighted by molar-refractivity contribution is -0.275. The molecule has 0 heterocycles. The van der Waals surface area contributed by atoms with Crippen molar-refractivity contribution in [3.8, 4) is 11.5 Å². The van der Waals surface area contributed by atoms with Crippen LogP contribution in [0.15, 0.2) is 18.2 Å². The van der Waals surface area contributed by atoms with E-state index in [0.717, 1.165) is 6.07 Å². The Morgan fingerprint density at radius 2 is 1.93 bits per heavy atom. The molecule has 1 rings (SSSR count). The van der Waals surface area contributed by atoms with E-state index < -0.39 is 12.1 Å². The molecule has 0 aromatic heterocycles. The zero-order valence-electron chi connectivity index (χ0n) is 7.97. The molecule has 2 radical (unpaired) electrons. The summed E-state index contributed by atoms with van der Waals surface area (Å²) in [5.41, 5.74) is 0.178. The number of hydrogen-bond donors (Lipinski definition) is 0. The van der Waals surface area contributed by atoms with Gasteiger partial charge >= 0.3 is 6.36 Å². The van der Waals surface area contributed by atoms with E-state index >= 15 is 0 Å². The van der Waals surface area contributed by atoms with Gasteiger partial charge in [-0.3, -0.25) is 0 Å². The van der Waals surface area contributed by atoms with Crippen molar-refractivity contribution in [1.29, 1.82) is 0 Å². The fourth-order valence-corrected chi connectivity index (χ4v) is 1.00. The van der Waals surface area contributed by atoms with E-state index in [1.807, 2.05) is 0 Å². The van der Waals surface area contributed by atoms with E-state index in [9.17, 15) is 13.2 Å². The van der Waals surface area contributed by atoms with Crippen LogP contribution in [0.3, 0.4) is 0 Å². The highest BCUT2D eigenvalue weighted by Crippen LogP contribution is 2.30. The zero-order chi connectivity index (χ0) is 11.5. The normalized spacial score (nSPS) is 11.2. The molecule has 15 heavy (non-hydrogen) atoms. The molecule has 0 N–H and O–H groups in total. The van der Waals surface area contributed by atoms with Gasteiger partial charge in [-0.1, -0.05) is 11.5 Å². The molecule has 6 heteroatoms. The molecule has 0 unspecified atom stereocenters. The van der Waals surface area contributed by atoms with Crippen LogP contribution in [0.4, 0.5) is 13.2 Å². The predicted molar refractivity (Wildman–Crippen MR) is 49.7 cm³/mol. The highest BCUT2D eigenvalue weighted by atomic mass is 19.4. The number of hydrogen-bond acceptors (Lipinski definition) is 2. The van der Waals surface area contributed by atoms with Gasteiger partial charge in [-0.25, -0.2) is 0 Å². The molecule has 0 saturated carbocycles. The van der Waals surface area contributed by atoms with Gasteiger partial charge in [0.25, 0.3) is 0 Å². The summed E-state index contributed by atoms with van der Waals surface area (Å²) in [6.07, 6.45) is -4.75. The number of rotatable bonds is 3. The molecule has 0 amide bonds. The summed E-state index contributed by atoms with van der Waals surface area (Å²) in [4.78, 5) is 0. The number of halogens is 3. The summed E-state index contributed by atoms with van der Waals surface area (Å²) >= 11 is 0. The Bertz CT molecular complexity index is 339. The standard InChI is InChI=1S/C9H8BF3O2/c1-2-14-7-4-3-6(10)5-8(7)15-9(11,12)13/h3-5H,2H2,1H3. The minimum Gasteiger partial charge on any atom is -0.490 e. The van der Waals surface area contributed by atoms with Crippen molar-refractivity contribution in [2.45, 2.75) is 13.3 Å². The third-order valence-electron chi connectivity index (χ3n) is 1.49. The molecule has 0 saturated heterocycles. The Labute approximate surface area is 86.4 Å². The van der Waals surface area contributed by atoms with Gasteiger partial charge in [0, 0.05) is 0 Å². The van der Waals surface area contributed by atoms with Crippen molar-refractivity contribution in [1.82, 2.24) is 0 Å². The molecule has 2 nitrogen and oxygen atoms in total. The molecule has 80 valence electrons. The average molecular weight is 216 g/mol. The third-order valence-corrected chi connectivity index (χ3v) is 1.49. The quantitative estimate of drug-likeness (QED) is 0.717. The number of benzene rings is 1. The van der Waals surface area contributed by atoms with E-state index in [1.54, 1.807) is 6.92 Å². The van der Waals surface area contributed by atoms with Crippen LogP contribution >= 0.6 is 0 Å². The summed E-state index contributed by atoms with van der Waals surface area (Å²) in [5.74, 6) is -0.409. The minimum absolute atomic E-state index is 0.0176.